The highest BCUT2D eigenvalue weighted by Gasteiger charge is 2.44. The maximum absolute atomic E-state index is 13.4. The van der Waals surface area contributed by atoms with Gasteiger partial charge in [-0.15, -0.1) is 0 Å². The first kappa shape index (κ1) is 18.3. The van der Waals surface area contributed by atoms with E-state index in [0.717, 1.165) is 24.3 Å². The summed E-state index contributed by atoms with van der Waals surface area (Å²) < 4.78 is 6.26. The van der Waals surface area contributed by atoms with Crippen molar-refractivity contribution >= 4 is 5.91 Å². The van der Waals surface area contributed by atoms with Crippen molar-refractivity contribution in [1.82, 2.24) is 20.2 Å². The molecule has 1 aliphatic rings. The van der Waals surface area contributed by atoms with Crippen LogP contribution in [-0.4, -0.2) is 46.5 Å². The minimum atomic E-state index is -0.863. The lowest BCUT2D eigenvalue weighted by molar-refractivity contribution is -0.151. The van der Waals surface area contributed by atoms with Gasteiger partial charge in [-0.3, -0.25) is 14.8 Å². The lowest BCUT2D eigenvalue weighted by Crippen LogP contribution is -2.57. The van der Waals surface area contributed by atoms with E-state index >= 15 is 0 Å². The molecule has 1 saturated heterocycles. The van der Waals surface area contributed by atoms with E-state index in [-0.39, 0.29) is 11.9 Å². The van der Waals surface area contributed by atoms with Crippen molar-refractivity contribution in [1.29, 1.82) is 0 Å². The van der Waals surface area contributed by atoms with E-state index in [1.165, 1.54) is 0 Å². The number of hydrogen-bond donors (Lipinski definition) is 1. The Balaban J connectivity index is 1.84. The van der Waals surface area contributed by atoms with Crippen molar-refractivity contribution < 1.29 is 9.53 Å². The number of ether oxygens (including phenoxy) is 1. The van der Waals surface area contributed by atoms with Gasteiger partial charge < -0.3 is 15.0 Å². The van der Waals surface area contributed by atoms with Crippen LogP contribution in [0.5, 0.6) is 5.75 Å². The number of aromatic nitrogens is 2. The molecule has 1 unspecified atom stereocenters. The van der Waals surface area contributed by atoms with Crippen LogP contribution in [0, 0.1) is 6.92 Å². The van der Waals surface area contributed by atoms with Crippen LogP contribution >= 0.6 is 0 Å². The zero-order valence-corrected chi connectivity index (χ0v) is 15.6. The molecule has 3 rings (SSSR count). The number of aryl methyl sites for hydroxylation is 1. The molecular formula is C20H26N4O2. The maximum atomic E-state index is 13.4. The molecule has 138 valence electrons. The highest BCUT2D eigenvalue weighted by Crippen LogP contribution is 2.31. The van der Waals surface area contributed by atoms with Gasteiger partial charge >= 0.3 is 0 Å². The van der Waals surface area contributed by atoms with Crippen molar-refractivity contribution in [3.05, 3.63) is 54.1 Å². The summed E-state index contributed by atoms with van der Waals surface area (Å²) >= 11 is 0. The number of hydrogen-bond acceptors (Lipinski definition) is 5. The van der Waals surface area contributed by atoms with E-state index in [9.17, 15) is 4.79 Å². The summed E-state index contributed by atoms with van der Waals surface area (Å²) in [6.07, 6.45) is 6.46. The number of piperidine rings is 1. The molecule has 1 aliphatic heterocycles. The molecule has 0 aromatic carbocycles. The molecule has 0 aliphatic carbocycles. The molecule has 2 aromatic rings. The van der Waals surface area contributed by atoms with Gasteiger partial charge in [-0.05, 0) is 56.8 Å². The largest absolute Gasteiger partial charge is 0.476 e. The molecule has 26 heavy (non-hydrogen) atoms. The standard InChI is InChI=1S/C20H26N4O2/c1-15-4-5-18(14-23-15)26-20(8-12-22-13-9-20)19(25)24(3)16(2)17-6-10-21-11-7-17/h4-7,10-11,14,16,22H,8-9,12-13H2,1-3H3. The fraction of sp³-hybridized carbons (Fsp3) is 0.450. The Bertz CT molecular complexity index is 727. The topological polar surface area (TPSA) is 67.3 Å². The third kappa shape index (κ3) is 3.85. The summed E-state index contributed by atoms with van der Waals surface area (Å²) in [6.45, 7) is 5.46. The molecule has 1 fully saturated rings. The van der Waals surface area contributed by atoms with Crippen LogP contribution in [0.4, 0.5) is 0 Å². The van der Waals surface area contributed by atoms with Crippen LogP contribution in [0.25, 0.3) is 0 Å². The molecule has 6 heteroatoms. The number of nitrogens with one attached hydrogen (secondary N) is 1. The normalized spacial score (nSPS) is 17.3. The van der Waals surface area contributed by atoms with Crippen LogP contribution in [0.2, 0.25) is 0 Å². The Morgan fingerprint density at radius 2 is 1.92 bits per heavy atom. The van der Waals surface area contributed by atoms with Gasteiger partial charge in [0.2, 0.25) is 0 Å². The average Bonchev–Trinajstić information content (AvgIpc) is 2.69. The van der Waals surface area contributed by atoms with Gasteiger partial charge in [0.15, 0.2) is 5.60 Å². The van der Waals surface area contributed by atoms with Crippen LogP contribution in [0.1, 0.15) is 37.1 Å². The average molecular weight is 354 g/mol. The summed E-state index contributed by atoms with van der Waals surface area (Å²) in [5.41, 5.74) is 1.11. The van der Waals surface area contributed by atoms with Gasteiger partial charge in [0.1, 0.15) is 5.75 Å². The van der Waals surface area contributed by atoms with Gasteiger partial charge in [0, 0.05) is 38.0 Å². The van der Waals surface area contributed by atoms with E-state index in [2.05, 4.69) is 15.3 Å². The van der Waals surface area contributed by atoms with Crippen LogP contribution in [0.3, 0.4) is 0 Å². The molecule has 3 heterocycles. The maximum Gasteiger partial charge on any atom is 0.267 e. The van der Waals surface area contributed by atoms with Crippen molar-refractivity contribution in [2.75, 3.05) is 20.1 Å². The number of nitrogens with zero attached hydrogens (tertiary/aromatic N) is 3. The summed E-state index contributed by atoms with van der Waals surface area (Å²) in [5.74, 6) is 0.639. The second-order valence-corrected chi connectivity index (χ2v) is 6.85. The number of amides is 1. The third-order valence-electron chi connectivity index (χ3n) is 5.09. The predicted molar refractivity (Wildman–Crippen MR) is 99.9 cm³/mol. The van der Waals surface area contributed by atoms with Gasteiger partial charge in [-0.2, -0.15) is 0 Å². The van der Waals surface area contributed by atoms with E-state index in [0.29, 0.717) is 18.6 Å². The summed E-state index contributed by atoms with van der Waals surface area (Å²) in [5, 5.41) is 3.31. The van der Waals surface area contributed by atoms with Gasteiger partial charge in [0.05, 0.1) is 12.2 Å². The van der Waals surface area contributed by atoms with Crippen LogP contribution in [-0.2, 0) is 4.79 Å². The fourth-order valence-corrected chi connectivity index (χ4v) is 3.29. The van der Waals surface area contributed by atoms with Crippen molar-refractivity contribution in [3.63, 3.8) is 0 Å². The molecule has 0 bridgehead atoms. The SMILES string of the molecule is Cc1ccc(OC2(C(=O)N(C)C(C)c3ccncc3)CCNCC2)cn1. The van der Waals surface area contributed by atoms with Crippen molar-refractivity contribution in [3.8, 4) is 5.75 Å². The number of likely N-dealkylation sites (N-methyl/N-ethyl adjacent to an activating group) is 1. The number of rotatable bonds is 5. The van der Waals surface area contributed by atoms with Crippen molar-refractivity contribution in [2.45, 2.75) is 38.3 Å². The molecule has 2 aromatic heterocycles. The first-order chi connectivity index (χ1) is 12.5. The molecule has 1 amide bonds. The van der Waals surface area contributed by atoms with Crippen molar-refractivity contribution in [2.24, 2.45) is 0 Å². The lowest BCUT2D eigenvalue weighted by Gasteiger charge is -2.40. The molecule has 0 saturated carbocycles. The Hall–Kier alpha value is -2.47. The van der Waals surface area contributed by atoms with Crippen LogP contribution in [0.15, 0.2) is 42.9 Å². The Kier molecular flexibility index (Phi) is 5.52. The molecule has 6 nitrogen and oxygen atoms in total. The Morgan fingerprint density at radius 3 is 2.54 bits per heavy atom. The molecule has 0 spiro atoms. The van der Waals surface area contributed by atoms with E-state index in [1.807, 2.05) is 45.2 Å². The Morgan fingerprint density at radius 1 is 1.23 bits per heavy atom. The van der Waals surface area contributed by atoms with E-state index in [1.54, 1.807) is 23.5 Å². The predicted octanol–water partition coefficient (Wildman–Crippen LogP) is 2.51. The third-order valence-corrected chi connectivity index (χ3v) is 5.09. The summed E-state index contributed by atoms with van der Waals surface area (Å²) in [4.78, 5) is 23.6. The second-order valence-electron chi connectivity index (χ2n) is 6.85. The molecule has 1 atom stereocenters. The zero-order valence-electron chi connectivity index (χ0n) is 15.6. The monoisotopic (exact) mass is 354 g/mol. The quantitative estimate of drug-likeness (QED) is 0.894. The van der Waals surface area contributed by atoms with Crippen LogP contribution < -0.4 is 10.1 Å². The molecule has 1 N–H and O–H groups in total. The molecular weight excluding hydrogens is 328 g/mol. The highest BCUT2D eigenvalue weighted by molar-refractivity contribution is 5.86. The number of carbonyl (C=O) groups is 1. The van der Waals surface area contributed by atoms with E-state index in [4.69, 9.17) is 4.74 Å². The summed E-state index contributed by atoms with van der Waals surface area (Å²) in [7, 11) is 1.84. The zero-order chi connectivity index (χ0) is 18.6. The Labute approximate surface area is 154 Å². The molecule has 0 radical (unpaired) electrons. The van der Waals surface area contributed by atoms with Gasteiger partial charge in [-0.1, -0.05) is 0 Å². The number of carbonyl (C=O) groups excluding carboxylic acids is 1. The minimum Gasteiger partial charge on any atom is -0.476 e. The number of pyridine rings is 2. The van der Waals surface area contributed by atoms with Gasteiger partial charge in [-0.25, -0.2) is 0 Å². The lowest BCUT2D eigenvalue weighted by atomic mass is 9.89. The highest BCUT2D eigenvalue weighted by atomic mass is 16.5. The first-order valence-corrected chi connectivity index (χ1v) is 9.01. The first-order valence-electron chi connectivity index (χ1n) is 9.01. The summed E-state index contributed by atoms with van der Waals surface area (Å²) in [6, 6.07) is 7.60. The second kappa shape index (κ2) is 7.83. The van der Waals surface area contributed by atoms with E-state index < -0.39 is 5.60 Å². The van der Waals surface area contributed by atoms with Gasteiger partial charge in [0.25, 0.3) is 5.91 Å². The fourth-order valence-electron chi connectivity index (χ4n) is 3.29. The minimum absolute atomic E-state index is 0.00360. The smallest absolute Gasteiger partial charge is 0.267 e.